The molecular weight excluding hydrogens is 579 g/mol. The molecule has 0 spiro atoms. The second-order valence-corrected chi connectivity index (χ2v) is 12.7. The lowest BCUT2D eigenvalue weighted by atomic mass is 9.97. The van der Waals surface area contributed by atoms with Crippen LogP contribution in [0.3, 0.4) is 0 Å². The fraction of sp³-hybridized carbons (Fsp3) is 0.441. The summed E-state index contributed by atoms with van der Waals surface area (Å²) in [5.74, 6) is 1.36. The topological polar surface area (TPSA) is 87.7 Å². The number of esters is 1. The molecule has 0 aromatic heterocycles. The summed E-state index contributed by atoms with van der Waals surface area (Å²) < 4.78 is 4.95. The zero-order valence-corrected chi connectivity index (χ0v) is 27.3. The number of hydrogen-bond acceptors (Lipinski definition) is 7. The lowest BCUT2D eigenvalue weighted by Gasteiger charge is -2.31. The number of benzene rings is 3. The molecule has 0 saturated carbocycles. The Morgan fingerprint density at radius 3 is 2.37 bits per heavy atom. The first kappa shape index (κ1) is 34.5. The fourth-order valence-corrected chi connectivity index (χ4v) is 6.21. The molecule has 3 aromatic carbocycles. The van der Waals surface area contributed by atoms with Crippen molar-refractivity contribution in [2.75, 3.05) is 38.0 Å². The molecule has 9 heteroatoms. The Morgan fingerprint density at radius 1 is 0.930 bits per heavy atom. The summed E-state index contributed by atoms with van der Waals surface area (Å²) in [6.07, 6.45) is 3.34. The van der Waals surface area contributed by atoms with Crippen molar-refractivity contribution in [2.45, 2.75) is 51.1 Å². The molecule has 3 aromatic rings. The first-order chi connectivity index (χ1) is 20.8. The summed E-state index contributed by atoms with van der Waals surface area (Å²) in [5, 5.41) is 8.43. The number of methoxy groups -OCH3 is 1. The van der Waals surface area contributed by atoms with Gasteiger partial charge < -0.3 is 15.4 Å². The van der Waals surface area contributed by atoms with E-state index >= 15 is 0 Å². The molecule has 0 bridgehead atoms. The predicted molar refractivity (Wildman–Crippen MR) is 180 cm³/mol. The van der Waals surface area contributed by atoms with E-state index in [9.17, 15) is 14.4 Å². The lowest BCUT2D eigenvalue weighted by Crippen LogP contribution is -2.51. The van der Waals surface area contributed by atoms with Gasteiger partial charge in [0.05, 0.1) is 19.4 Å². The van der Waals surface area contributed by atoms with Crippen molar-refractivity contribution in [3.63, 3.8) is 0 Å². The van der Waals surface area contributed by atoms with Gasteiger partial charge in [0.2, 0.25) is 11.8 Å². The van der Waals surface area contributed by atoms with Crippen molar-refractivity contribution in [3.05, 3.63) is 83.9 Å². The molecule has 3 unspecified atom stereocenters. The molecule has 43 heavy (non-hydrogen) atoms. The minimum Gasteiger partial charge on any atom is -0.467 e. The summed E-state index contributed by atoms with van der Waals surface area (Å²) >= 11 is 3.21. The molecule has 0 aliphatic rings. The number of ether oxygens (including phenoxy) is 1. The van der Waals surface area contributed by atoms with Crippen molar-refractivity contribution in [3.8, 4) is 0 Å². The molecule has 3 atom stereocenters. The van der Waals surface area contributed by atoms with Gasteiger partial charge in [0.25, 0.3) is 0 Å². The number of nitrogens with one attached hydrogen (secondary N) is 2. The summed E-state index contributed by atoms with van der Waals surface area (Å²) in [6, 6.07) is 23.7. The average Bonchev–Trinajstić information content (AvgIpc) is 3.02. The van der Waals surface area contributed by atoms with Crippen LogP contribution >= 0.6 is 23.5 Å². The minimum absolute atomic E-state index is 0.0105. The van der Waals surface area contributed by atoms with Crippen molar-refractivity contribution in [2.24, 2.45) is 5.92 Å². The number of fused-ring (bicyclic) bond motifs is 1. The first-order valence-corrected chi connectivity index (χ1v) is 17.4. The van der Waals surface area contributed by atoms with Crippen LogP contribution in [-0.4, -0.2) is 72.7 Å². The van der Waals surface area contributed by atoms with Crippen LogP contribution in [0.4, 0.5) is 0 Å². The quantitative estimate of drug-likeness (QED) is 0.181. The maximum atomic E-state index is 13.4. The van der Waals surface area contributed by atoms with Crippen LogP contribution in [0.15, 0.2) is 72.8 Å². The van der Waals surface area contributed by atoms with Gasteiger partial charge in [-0.25, -0.2) is 4.79 Å². The van der Waals surface area contributed by atoms with Crippen molar-refractivity contribution < 1.29 is 19.1 Å². The number of amides is 2. The third-order valence-corrected chi connectivity index (χ3v) is 9.20. The van der Waals surface area contributed by atoms with Crippen molar-refractivity contribution in [1.82, 2.24) is 15.5 Å². The molecule has 7 nitrogen and oxygen atoms in total. The number of hydrogen-bond donors (Lipinski definition) is 2. The van der Waals surface area contributed by atoms with Crippen LogP contribution in [0.5, 0.6) is 0 Å². The molecule has 0 radical (unpaired) electrons. The molecule has 0 aliphatic carbocycles. The Balaban J connectivity index is 1.76. The van der Waals surface area contributed by atoms with Gasteiger partial charge in [0.1, 0.15) is 6.04 Å². The van der Waals surface area contributed by atoms with Crippen LogP contribution < -0.4 is 10.6 Å². The fourth-order valence-electron chi connectivity index (χ4n) is 4.94. The van der Waals surface area contributed by atoms with E-state index in [1.807, 2.05) is 42.7 Å². The van der Waals surface area contributed by atoms with Crippen molar-refractivity contribution >= 4 is 52.1 Å². The standard InChI is InChI=1S/C34H45N3O4S2/c1-5-25(2)31(36-33(39)24-43-23-26-12-7-6-8-13-26)21-37(20-28-16-11-15-27-14-9-10-17-29(27)28)22-32(38)35-30(18-19-42-4)34(40)41-3/h6-17,25,30-31H,5,18-24H2,1-4H3,(H,35,38)(H,36,39). The van der Waals surface area contributed by atoms with Gasteiger partial charge >= 0.3 is 5.97 Å². The average molecular weight is 624 g/mol. The Labute approximate surface area is 264 Å². The highest BCUT2D eigenvalue weighted by atomic mass is 32.2. The first-order valence-electron chi connectivity index (χ1n) is 14.8. The Hall–Kier alpha value is -3.01. The highest BCUT2D eigenvalue weighted by molar-refractivity contribution is 7.99. The summed E-state index contributed by atoms with van der Waals surface area (Å²) in [6.45, 7) is 5.35. The molecule has 0 aliphatic heterocycles. The minimum atomic E-state index is -0.698. The van der Waals surface area contributed by atoms with E-state index in [0.717, 1.165) is 34.3 Å². The number of thioether (sulfide) groups is 2. The van der Waals surface area contributed by atoms with Gasteiger partial charge in [-0.2, -0.15) is 11.8 Å². The normalized spacial score (nSPS) is 13.3. The Morgan fingerprint density at radius 2 is 1.65 bits per heavy atom. The van der Waals surface area contributed by atoms with E-state index in [4.69, 9.17) is 4.74 Å². The molecule has 3 rings (SSSR count). The summed E-state index contributed by atoms with van der Waals surface area (Å²) in [5.41, 5.74) is 2.29. The van der Waals surface area contributed by atoms with Crippen LogP contribution in [0, 0.1) is 5.92 Å². The molecule has 0 heterocycles. The third kappa shape index (κ3) is 11.5. The van der Waals surface area contributed by atoms with Crippen LogP contribution in [-0.2, 0) is 31.4 Å². The molecule has 2 N–H and O–H groups in total. The van der Waals surface area contributed by atoms with Crippen LogP contribution in [0.25, 0.3) is 10.8 Å². The van der Waals surface area contributed by atoms with E-state index in [1.165, 1.54) is 12.7 Å². The van der Waals surface area contributed by atoms with E-state index in [-0.39, 0.29) is 30.3 Å². The Kier molecular flexibility index (Phi) is 14.9. The van der Waals surface area contributed by atoms with Crippen molar-refractivity contribution in [1.29, 1.82) is 0 Å². The van der Waals surface area contributed by atoms with E-state index in [0.29, 0.717) is 25.3 Å². The van der Waals surface area contributed by atoms with E-state index in [2.05, 4.69) is 65.8 Å². The van der Waals surface area contributed by atoms with Gasteiger partial charge in [-0.15, -0.1) is 11.8 Å². The largest absolute Gasteiger partial charge is 0.467 e. The highest BCUT2D eigenvalue weighted by Gasteiger charge is 2.26. The van der Waals surface area contributed by atoms with Gasteiger partial charge in [0, 0.05) is 24.9 Å². The predicted octanol–water partition coefficient (Wildman–Crippen LogP) is 5.52. The third-order valence-electron chi connectivity index (χ3n) is 7.55. The number of nitrogens with zero attached hydrogens (tertiary/aromatic N) is 1. The second-order valence-electron chi connectivity index (χ2n) is 10.8. The monoisotopic (exact) mass is 623 g/mol. The molecular formula is C34H45N3O4S2. The van der Waals surface area contributed by atoms with Gasteiger partial charge in [-0.1, -0.05) is 93.1 Å². The number of rotatable bonds is 18. The zero-order chi connectivity index (χ0) is 31.0. The number of carbonyl (C=O) groups excluding carboxylic acids is 3. The maximum Gasteiger partial charge on any atom is 0.328 e. The maximum absolute atomic E-state index is 13.4. The lowest BCUT2D eigenvalue weighted by molar-refractivity contribution is -0.145. The molecule has 0 fully saturated rings. The number of carbonyl (C=O) groups is 3. The molecule has 0 saturated heterocycles. The van der Waals surface area contributed by atoms with Crippen LogP contribution in [0.1, 0.15) is 37.8 Å². The molecule has 232 valence electrons. The van der Waals surface area contributed by atoms with E-state index in [1.54, 1.807) is 23.5 Å². The molecule has 2 amide bonds. The van der Waals surface area contributed by atoms with Crippen LogP contribution in [0.2, 0.25) is 0 Å². The summed E-state index contributed by atoms with van der Waals surface area (Å²) in [4.78, 5) is 40.9. The zero-order valence-electron chi connectivity index (χ0n) is 25.7. The smallest absolute Gasteiger partial charge is 0.328 e. The second kappa shape index (κ2) is 18.6. The van der Waals surface area contributed by atoms with Gasteiger partial charge in [-0.05, 0) is 46.2 Å². The highest BCUT2D eigenvalue weighted by Crippen LogP contribution is 2.21. The van der Waals surface area contributed by atoms with E-state index < -0.39 is 12.0 Å². The summed E-state index contributed by atoms with van der Waals surface area (Å²) in [7, 11) is 1.34. The Bertz CT molecular complexity index is 1300. The van der Waals surface area contributed by atoms with Gasteiger partial charge in [0.15, 0.2) is 0 Å². The SMILES string of the molecule is CCC(C)C(CN(CC(=O)NC(CCSC)C(=O)OC)Cc1cccc2ccccc12)NC(=O)CSCc1ccccc1. The van der Waals surface area contributed by atoms with Gasteiger partial charge in [-0.3, -0.25) is 14.5 Å².